The molecule has 2 fully saturated rings. The Morgan fingerprint density at radius 1 is 0.933 bits per heavy atom. The van der Waals surface area contributed by atoms with Crippen LogP contribution < -0.4 is 5.73 Å². The Kier molecular flexibility index (Phi) is 2.57. The molecule has 0 amide bonds. The Balaban J connectivity index is 1.73. The maximum absolute atomic E-state index is 6.11. The van der Waals surface area contributed by atoms with Gasteiger partial charge in [0.1, 0.15) is 0 Å². The van der Waals surface area contributed by atoms with Crippen molar-refractivity contribution in [3.63, 3.8) is 0 Å². The summed E-state index contributed by atoms with van der Waals surface area (Å²) in [6.45, 7) is 0. The Bertz CT molecular complexity index is 247. The summed E-state index contributed by atoms with van der Waals surface area (Å²) >= 11 is 0. The fraction of sp³-hybridized carbons (Fsp3) is 0.846. The van der Waals surface area contributed by atoms with Gasteiger partial charge >= 0.3 is 0 Å². The fourth-order valence-electron chi connectivity index (χ4n) is 3.90. The van der Waals surface area contributed by atoms with Crippen LogP contribution in [0.15, 0.2) is 12.2 Å². The molecule has 0 aromatic rings. The first-order valence-corrected chi connectivity index (χ1v) is 6.52. The van der Waals surface area contributed by atoms with Gasteiger partial charge in [0, 0.05) is 24.2 Å². The van der Waals surface area contributed by atoms with Gasteiger partial charge in [-0.1, -0.05) is 12.2 Å². The summed E-state index contributed by atoms with van der Waals surface area (Å²) in [4.78, 5) is 2.83. The molecular weight excluding hydrogens is 184 g/mol. The summed E-state index contributed by atoms with van der Waals surface area (Å²) in [7, 11) is 0. The normalized spacial score (nSPS) is 45.9. The molecule has 3 rings (SSSR count). The van der Waals surface area contributed by atoms with Crippen molar-refractivity contribution in [2.45, 2.75) is 69.1 Å². The van der Waals surface area contributed by atoms with Crippen LogP contribution in [0.1, 0.15) is 44.9 Å². The SMILES string of the molecule is NC1CC2CCC(C1)N2C1CC=CCC1. The molecule has 2 heterocycles. The zero-order valence-corrected chi connectivity index (χ0v) is 9.44. The van der Waals surface area contributed by atoms with E-state index in [4.69, 9.17) is 5.73 Å². The third-order valence-corrected chi connectivity index (χ3v) is 4.49. The third kappa shape index (κ3) is 1.74. The average Bonchev–Trinajstić information content (AvgIpc) is 2.53. The van der Waals surface area contributed by atoms with E-state index in [0.717, 1.165) is 18.1 Å². The van der Waals surface area contributed by atoms with Crippen LogP contribution in [0.4, 0.5) is 0 Å². The maximum atomic E-state index is 6.11. The summed E-state index contributed by atoms with van der Waals surface area (Å²) in [5.41, 5.74) is 6.11. The van der Waals surface area contributed by atoms with Crippen molar-refractivity contribution in [3.8, 4) is 0 Å². The van der Waals surface area contributed by atoms with E-state index < -0.39 is 0 Å². The van der Waals surface area contributed by atoms with Crippen molar-refractivity contribution in [1.82, 2.24) is 4.90 Å². The molecule has 0 radical (unpaired) electrons. The van der Waals surface area contributed by atoms with Gasteiger partial charge in [0.25, 0.3) is 0 Å². The zero-order chi connectivity index (χ0) is 10.3. The van der Waals surface area contributed by atoms with Crippen LogP contribution in [0, 0.1) is 0 Å². The fourth-order valence-corrected chi connectivity index (χ4v) is 3.90. The molecule has 0 aromatic heterocycles. The molecule has 84 valence electrons. The number of rotatable bonds is 1. The van der Waals surface area contributed by atoms with Gasteiger partial charge in [-0.15, -0.1) is 0 Å². The van der Waals surface area contributed by atoms with Crippen LogP contribution in [0.2, 0.25) is 0 Å². The second-order valence-electron chi connectivity index (χ2n) is 5.50. The molecule has 2 N–H and O–H groups in total. The van der Waals surface area contributed by atoms with Gasteiger partial charge in [-0.05, 0) is 44.9 Å². The monoisotopic (exact) mass is 206 g/mol. The highest BCUT2D eigenvalue weighted by Crippen LogP contribution is 2.38. The van der Waals surface area contributed by atoms with Crippen LogP contribution in [0.3, 0.4) is 0 Å². The van der Waals surface area contributed by atoms with Gasteiger partial charge in [0.2, 0.25) is 0 Å². The molecule has 3 unspecified atom stereocenters. The first-order chi connectivity index (χ1) is 7.34. The number of nitrogens with two attached hydrogens (primary N) is 1. The Morgan fingerprint density at radius 2 is 1.67 bits per heavy atom. The number of nitrogens with zero attached hydrogens (tertiary/aromatic N) is 1. The van der Waals surface area contributed by atoms with Gasteiger partial charge in [0.15, 0.2) is 0 Å². The second-order valence-corrected chi connectivity index (χ2v) is 5.50. The Hall–Kier alpha value is -0.340. The molecule has 3 atom stereocenters. The quantitative estimate of drug-likeness (QED) is 0.665. The lowest BCUT2D eigenvalue weighted by atomic mass is 9.92. The highest BCUT2D eigenvalue weighted by molar-refractivity contribution is 5.03. The van der Waals surface area contributed by atoms with Crippen LogP contribution >= 0.6 is 0 Å². The van der Waals surface area contributed by atoms with E-state index in [1.807, 2.05) is 0 Å². The molecule has 15 heavy (non-hydrogen) atoms. The molecule has 2 saturated heterocycles. The second kappa shape index (κ2) is 3.91. The van der Waals surface area contributed by atoms with Crippen molar-refractivity contribution in [2.24, 2.45) is 5.73 Å². The minimum absolute atomic E-state index is 0.484. The van der Waals surface area contributed by atoms with Crippen molar-refractivity contribution in [1.29, 1.82) is 0 Å². The van der Waals surface area contributed by atoms with Crippen molar-refractivity contribution < 1.29 is 0 Å². The first-order valence-electron chi connectivity index (χ1n) is 6.52. The molecule has 2 bridgehead atoms. The topological polar surface area (TPSA) is 29.3 Å². The molecule has 0 saturated carbocycles. The van der Waals surface area contributed by atoms with Crippen molar-refractivity contribution in [2.75, 3.05) is 0 Å². The first kappa shape index (κ1) is 9.86. The summed E-state index contributed by atoms with van der Waals surface area (Å²) in [6.07, 6.45) is 14.0. The lowest BCUT2D eigenvalue weighted by Crippen LogP contribution is -2.52. The van der Waals surface area contributed by atoms with E-state index in [9.17, 15) is 0 Å². The predicted molar refractivity (Wildman–Crippen MR) is 62.6 cm³/mol. The molecule has 1 aliphatic carbocycles. The molecular formula is C13H22N2. The van der Waals surface area contributed by atoms with Gasteiger partial charge in [0.05, 0.1) is 0 Å². The number of allylic oxidation sites excluding steroid dienone is 1. The number of fused-ring (bicyclic) bond motifs is 2. The summed E-state index contributed by atoms with van der Waals surface area (Å²) in [5, 5.41) is 0. The predicted octanol–water partition coefficient (Wildman–Crippen LogP) is 2.05. The summed E-state index contributed by atoms with van der Waals surface area (Å²) in [5.74, 6) is 0. The van der Waals surface area contributed by atoms with Crippen LogP contribution in [0.25, 0.3) is 0 Å². The number of hydrogen-bond acceptors (Lipinski definition) is 2. The van der Waals surface area contributed by atoms with Gasteiger partial charge in [-0.3, -0.25) is 4.90 Å². The minimum Gasteiger partial charge on any atom is -0.328 e. The van der Waals surface area contributed by atoms with Crippen LogP contribution in [-0.2, 0) is 0 Å². The maximum Gasteiger partial charge on any atom is 0.0139 e. The van der Waals surface area contributed by atoms with Gasteiger partial charge in [-0.25, -0.2) is 0 Å². The largest absolute Gasteiger partial charge is 0.328 e. The van der Waals surface area contributed by atoms with Crippen LogP contribution in [0.5, 0.6) is 0 Å². The number of piperidine rings is 1. The standard InChI is InChI=1S/C13H22N2/c14-10-8-12-6-7-13(9-10)15(12)11-4-2-1-3-5-11/h1-2,10-13H,3-9,14H2. The molecule has 3 aliphatic rings. The Labute approximate surface area is 92.5 Å². The molecule has 0 aromatic carbocycles. The smallest absolute Gasteiger partial charge is 0.0139 e. The molecule has 2 heteroatoms. The van der Waals surface area contributed by atoms with E-state index in [-0.39, 0.29) is 0 Å². The van der Waals surface area contributed by atoms with Crippen molar-refractivity contribution in [3.05, 3.63) is 12.2 Å². The summed E-state index contributed by atoms with van der Waals surface area (Å²) in [6, 6.07) is 2.95. The van der Waals surface area contributed by atoms with Crippen LogP contribution in [-0.4, -0.2) is 29.1 Å². The highest BCUT2D eigenvalue weighted by atomic mass is 15.2. The lowest BCUT2D eigenvalue weighted by Gasteiger charge is -2.43. The zero-order valence-electron chi connectivity index (χ0n) is 9.44. The molecule has 0 spiro atoms. The van der Waals surface area contributed by atoms with Crippen molar-refractivity contribution >= 4 is 0 Å². The Morgan fingerprint density at radius 3 is 2.27 bits per heavy atom. The van der Waals surface area contributed by atoms with Gasteiger partial charge < -0.3 is 5.73 Å². The van der Waals surface area contributed by atoms with E-state index in [2.05, 4.69) is 17.1 Å². The third-order valence-electron chi connectivity index (χ3n) is 4.49. The summed E-state index contributed by atoms with van der Waals surface area (Å²) < 4.78 is 0. The highest BCUT2D eigenvalue weighted by Gasteiger charge is 2.42. The van der Waals surface area contributed by atoms with E-state index in [1.54, 1.807) is 0 Å². The average molecular weight is 206 g/mol. The molecule has 2 nitrogen and oxygen atoms in total. The van der Waals surface area contributed by atoms with E-state index in [1.165, 1.54) is 44.9 Å². The lowest BCUT2D eigenvalue weighted by molar-refractivity contribution is 0.0724. The van der Waals surface area contributed by atoms with Gasteiger partial charge in [-0.2, -0.15) is 0 Å². The van der Waals surface area contributed by atoms with E-state index >= 15 is 0 Å². The minimum atomic E-state index is 0.484. The number of hydrogen-bond donors (Lipinski definition) is 1. The van der Waals surface area contributed by atoms with E-state index in [0.29, 0.717) is 6.04 Å². The molecule has 2 aliphatic heterocycles.